The number of fused-ring (bicyclic) bond motifs is 1. The topological polar surface area (TPSA) is 87.7 Å². The van der Waals surface area contributed by atoms with Gasteiger partial charge in [0, 0.05) is 54.5 Å². The highest BCUT2D eigenvalue weighted by molar-refractivity contribution is 5.93. The van der Waals surface area contributed by atoms with E-state index >= 15 is 0 Å². The minimum Gasteiger partial charge on any atom is -0.366 e. The maximum atomic E-state index is 14.2. The molecule has 2 fully saturated rings. The summed E-state index contributed by atoms with van der Waals surface area (Å²) < 4.78 is 28.4. The first-order chi connectivity index (χ1) is 18.9. The first kappa shape index (κ1) is 25.8. The lowest BCUT2D eigenvalue weighted by molar-refractivity contribution is 0.236. The maximum absolute atomic E-state index is 14.2. The van der Waals surface area contributed by atoms with Crippen LogP contribution in [0.2, 0.25) is 0 Å². The van der Waals surface area contributed by atoms with Crippen LogP contribution in [0.25, 0.3) is 22.3 Å². The van der Waals surface area contributed by atoms with Crippen LogP contribution in [-0.4, -0.2) is 45.6 Å². The summed E-state index contributed by atoms with van der Waals surface area (Å²) in [6, 6.07) is 3.93. The molecule has 39 heavy (non-hydrogen) atoms. The lowest BCUT2D eigenvalue weighted by atomic mass is 9.78. The lowest BCUT2D eigenvalue weighted by Crippen LogP contribution is -2.49. The molecule has 0 bridgehead atoms. The minimum atomic E-state index is -0.508. The predicted octanol–water partition coefficient (Wildman–Crippen LogP) is 6.44. The van der Waals surface area contributed by atoms with Crippen LogP contribution in [-0.2, 0) is 0 Å². The van der Waals surface area contributed by atoms with Crippen molar-refractivity contribution in [2.24, 2.45) is 5.41 Å². The summed E-state index contributed by atoms with van der Waals surface area (Å²) in [7, 11) is 0. The Balaban J connectivity index is 1.36. The normalized spacial score (nSPS) is 21.4. The average molecular weight is 532 g/mol. The maximum Gasteiger partial charge on any atom is 0.162 e. The molecule has 4 heterocycles. The molecule has 3 aliphatic rings. The molecule has 1 aliphatic heterocycles. The summed E-state index contributed by atoms with van der Waals surface area (Å²) in [4.78, 5) is 18.9. The number of halogens is 2. The molecule has 1 saturated carbocycles. The number of rotatable bonds is 7. The number of allylic oxidation sites excluding steroid dienone is 2. The monoisotopic (exact) mass is 531 g/mol. The highest BCUT2D eigenvalue weighted by atomic mass is 19.1. The molecule has 0 aromatic carbocycles. The molecule has 0 radical (unpaired) electrons. The molecule has 1 unspecified atom stereocenters. The van der Waals surface area contributed by atoms with Crippen LogP contribution in [0.3, 0.4) is 0 Å². The number of nitrogens with zero attached hydrogens (tertiary/aromatic N) is 4. The van der Waals surface area contributed by atoms with Crippen molar-refractivity contribution in [3.05, 3.63) is 59.6 Å². The van der Waals surface area contributed by atoms with Crippen LogP contribution in [0.1, 0.15) is 63.9 Å². The van der Waals surface area contributed by atoms with Gasteiger partial charge in [-0.3, -0.25) is 4.98 Å². The average Bonchev–Trinajstić information content (AvgIpc) is 2.89. The molecule has 2 aliphatic carbocycles. The lowest BCUT2D eigenvalue weighted by Gasteiger charge is -2.40. The second-order valence-corrected chi connectivity index (χ2v) is 11.6. The van der Waals surface area contributed by atoms with Crippen molar-refractivity contribution < 1.29 is 8.78 Å². The number of pyridine rings is 2. The molecule has 1 atom stereocenters. The van der Waals surface area contributed by atoms with E-state index < -0.39 is 11.7 Å². The summed E-state index contributed by atoms with van der Waals surface area (Å²) in [5, 5.41) is 11.5. The van der Waals surface area contributed by atoms with Crippen molar-refractivity contribution >= 4 is 22.5 Å². The molecule has 0 spiro atoms. The van der Waals surface area contributed by atoms with E-state index in [-0.39, 0.29) is 30.0 Å². The fraction of sp³-hybridized carbons (Fsp3) is 0.467. The molecule has 3 aromatic heterocycles. The largest absolute Gasteiger partial charge is 0.366 e. The number of nitrogens with one attached hydrogen (secondary N) is 3. The number of aromatic nitrogens is 4. The van der Waals surface area contributed by atoms with Gasteiger partial charge in [-0.15, -0.1) is 0 Å². The van der Waals surface area contributed by atoms with Gasteiger partial charge < -0.3 is 16.0 Å². The third kappa shape index (κ3) is 5.24. The first-order valence-corrected chi connectivity index (χ1v) is 14.0. The zero-order chi connectivity index (χ0) is 27.0. The van der Waals surface area contributed by atoms with E-state index in [1.54, 1.807) is 6.20 Å². The fourth-order valence-electron chi connectivity index (χ4n) is 5.73. The van der Waals surface area contributed by atoms with Gasteiger partial charge in [0.2, 0.25) is 0 Å². The van der Waals surface area contributed by atoms with E-state index in [0.29, 0.717) is 24.0 Å². The zero-order valence-electron chi connectivity index (χ0n) is 22.5. The van der Waals surface area contributed by atoms with Gasteiger partial charge in [-0.25, -0.2) is 23.7 Å². The first-order valence-electron chi connectivity index (χ1n) is 14.0. The summed E-state index contributed by atoms with van der Waals surface area (Å²) in [6.45, 7) is 6.47. The Labute approximate surface area is 227 Å². The van der Waals surface area contributed by atoms with Gasteiger partial charge in [0.25, 0.3) is 0 Å². The van der Waals surface area contributed by atoms with E-state index in [0.717, 1.165) is 54.6 Å². The van der Waals surface area contributed by atoms with E-state index in [4.69, 9.17) is 9.97 Å². The van der Waals surface area contributed by atoms with Crippen LogP contribution in [0.5, 0.6) is 0 Å². The van der Waals surface area contributed by atoms with Crippen molar-refractivity contribution in [3.63, 3.8) is 0 Å². The highest BCUT2D eigenvalue weighted by Gasteiger charge is 2.33. The third-order valence-electron chi connectivity index (χ3n) is 8.39. The predicted molar refractivity (Wildman–Crippen MR) is 151 cm³/mol. The van der Waals surface area contributed by atoms with Crippen molar-refractivity contribution in [2.75, 3.05) is 30.3 Å². The Bertz CT molecular complexity index is 1440. The van der Waals surface area contributed by atoms with Gasteiger partial charge in [-0.1, -0.05) is 20.3 Å². The minimum absolute atomic E-state index is 0.0233. The number of hydrogen-bond donors (Lipinski definition) is 3. The van der Waals surface area contributed by atoms with Gasteiger partial charge in [0.15, 0.2) is 5.82 Å². The SMILES string of the molecule is CC1(C)CNCCC1Nc1nc(-c2ccnc(NCC3=C(F)CCC=C3F)c2)nc2cncc(C3CCC3)c12. The fourth-order valence-corrected chi connectivity index (χ4v) is 5.73. The highest BCUT2D eigenvalue weighted by Crippen LogP contribution is 2.42. The summed E-state index contributed by atoms with van der Waals surface area (Å²) in [5.41, 5.74) is 2.91. The van der Waals surface area contributed by atoms with E-state index in [9.17, 15) is 8.78 Å². The van der Waals surface area contributed by atoms with Gasteiger partial charge in [-0.05, 0) is 67.3 Å². The molecule has 0 amide bonds. The summed E-state index contributed by atoms with van der Waals surface area (Å²) in [5.74, 6) is 1.47. The second kappa shape index (κ2) is 10.6. The molecule has 3 aromatic rings. The van der Waals surface area contributed by atoms with Crippen molar-refractivity contribution in [3.8, 4) is 11.4 Å². The Morgan fingerprint density at radius 3 is 2.77 bits per heavy atom. The summed E-state index contributed by atoms with van der Waals surface area (Å²) >= 11 is 0. The summed E-state index contributed by atoms with van der Waals surface area (Å²) in [6.07, 6.45) is 12.0. The standard InChI is InChI=1S/C30H35F2N7/c1-30(2)17-33-11-10-25(30)38-29-27-20(18-5-3-6-18)14-34-16-24(27)37-28(39-29)19-9-12-35-26(13-19)36-15-21-22(31)7-4-8-23(21)32/h7,9,12-14,16,18,25,33H,3-6,8,10-11,15,17H2,1-2H3,(H,35,36)(H,37,38,39). The number of piperidine rings is 1. The van der Waals surface area contributed by atoms with Gasteiger partial charge >= 0.3 is 0 Å². The molecular weight excluding hydrogens is 496 g/mol. The Morgan fingerprint density at radius 2 is 2.00 bits per heavy atom. The molecule has 6 rings (SSSR count). The Kier molecular flexibility index (Phi) is 7.01. The van der Waals surface area contributed by atoms with Gasteiger partial charge in [0.05, 0.1) is 11.7 Å². The molecule has 7 nitrogen and oxygen atoms in total. The third-order valence-corrected chi connectivity index (χ3v) is 8.39. The smallest absolute Gasteiger partial charge is 0.162 e. The van der Waals surface area contributed by atoms with Crippen molar-refractivity contribution in [2.45, 2.75) is 64.3 Å². The van der Waals surface area contributed by atoms with Crippen LogP contribution in [0.4, 0.5) is 20.4 Å². The Morgan fingerprint density at radius 1 is 1.13 bits per heavy atom. The quantitative estimate of drug-likeness (QED) is 0.323. The van der Waals surface area contributed by atoms with E-state index in [2.05, 4.69) is 39.8 Å². The van der Waals surface area contributed by atoms with Crippen LogP contribution < -0.4 is 16.0 Å². The van der Waals surface area contributed by atoms with Gasteiger partial charge in [-0.2, -0.15) is 0 Å². The molecule has 3 N–H and O–H groups in total. The number of anilines is 2. The molecular formula is C30H35F2N7. The Hall–Kier alpha value is -3.46. The molecule has 9 heteroatoms. The number of hydrogen-bond acceptors (Lipinski definition) is 7. The van der Waals surface area contributed by atoms with Crippen molar-refractivity contribution in [1.29, 1.82) is 0 Å². The van der Waals surface area contributed by atoms with E-state index in [1.807, 2.05) is 24.5 Å². The van der Waals surface area contributed by atoms with E-state index in [1.165, 1.54) is 18.1 Å². The van der Waals surface area contributed by atoms with Crippen molar-refractivity contribution in [1.82, 2.24) is 25.3 Å². The molecule has 204 valence electrons. The van der Waals surface area contributed by atoms with Crippen LogP contribution in [0, 0.1) is 5.41 Å². The van der Waals surface area contributed by atoms with Gasteiger partial charge in [0.1, 0.15) is 23.3 Å². The molecule has 1 saturated heterocycles. The second-order valence-electron chi connectivity index (χ2n) is 11.6. The van der Waals surface area contributed by atoms with Crippen LogP contribution in [0.15, 0.2) is 54.0 Å². The van der Waals surface area contributed by atoms with Crippen LogP contribution >= 0.6 is 0 Å². The zero-order valence-corrected chi connectivity index (χ0v) is 22.5.